The number of para-hydroxylation sites is 1. The summed E-state index contributed by atoms with van der Waals surface area (Å²) in [5.41, 5.74) is 1.71. The number of allylic oxidation sites excluding steroid dienone is 1. The summed E-state index contributed by atoms with van der Waals surface area (Å²) in [4.78, 5) is 27.2. The quantitative estimate of drug-likeness (QED) is 0.485. The monoisotopic (exact) mass is 488 g/mol. The molecular weight excluding hydrogens is 452 g/mol. The third-order valence-corrected chi connectivity index (χ3v) is 6.36. The van der Waals surface area contributed by atoms with Crippen molar-refractivity contribution in [1.29, 1.82) is 0 Å². The zero-order valence-corrected chi connectivity index (χ0v) is 21.1. The van der Waals surface area contributed by atoms with E-state index in [-0.39, 0.29) is 42.6 Å². The fourth-order valence-corrected chi connectivity index (χ4v) is 4.59. The summed E-state index contributed by atoms with van der Waals surface area (Å²) in [6.45, 7) is 4.04. The molecule has 192 valence electrons. The number of fused-ring (bicyclic) bond motifs is 1. The Morgan fingerprint density at radius 1 is 1.23 bits per heavy atom. The van der Waals surface area contributed by atoms with Crippen molar-refractivity contribution in [3.63, 3.8) is 0 Å². The highest BCUT2D eigenvalue weighted by atomic mass is 16.7. The second-order valence-electron chi connectivity index (χ2n) is 8.61. The molecule has 35 heavy (non-hydrogen) atoms. The van der Waals surface area contributed by atoms with Crippen molar-refractivity contribution in [3.05, 3.63) is 47.9 Å². The molecule has 0 unspecified atom stereocenters. The number of aliphatic hydroxyl groups is 1. The topological polar surface area (TPSA) is 99.5 Å². The van der Waals surface area contributed by atoms with E-state index in [0.29, 0.717) is 19.4 Å². The van der Waals surface area contributed by atoms with E-state index >= 15 is 0 Å². The van der Waals surface area contributed by atoms with Crippen LogP contribution in [0, 0.1) is 5.92 Å². The molecule has 3 rings (SSSR count). The number of benzene rings is 1. The van der Waals surface area contributed by atoms with Gasteiger partial charge in [0, 0.05) is 64.8 Å². The van der Waals surface area contributed by atoms with Gasteiger partial charge in [-0.2, -0.15) is 0 Å². The van der Waals surface area contributed by atoms with Gasteiger partial charge >= 0.3 is 0 Å². The van der Waals surface area contributed by atoms with E-state index in [1.807, 2.05) is 43.5 Å². The zero-order valence-electron chi connectivity index (χ0n) is 21.1. The lowest BCUT2D eigenvalue weighted by molar-refractivity contribution is -0.172. The molecule has 1 N–H and O–H groups in total. The summed E-state index contributed by atoms with van der Waals surface area (Å²) >= 11 is 0. The van der Waals surface area contributed by atoms with Crippen LogP contribution >= 0.6 is 0 Å². The van der Waals surface area contributed by atoms with Crippen LogP contribution in [0.15, 0.2) is 42.3 Å². The SMILES string of the molecule is CCO[C@H]1OC(C(=O)N(C)CC(OC)OC)=C[C@@H](c2cn(C(C)=O)c3ccccc23)[C@@H]1CCCO. The van der Waals surface area contributed by atoms with Crippen molar-refractivity contribution in [2.75, 3.05) is 41.0 Å². The Hall–Kier alpha value is -2.72. The highest BCUT2D eigenvalue weighted by Gasteiger charge is 2.39. The Morgan fingerprint density at radius 3 is 2.57 bits per heavy atom. The largest absolute Gasteiger partial charge is 0.459 e. The number of nitrogens with zero attached hydrogens (tertiary/aromatic N) is 2. The molecule has 0 saturated carbocycles. The molecule has 0 bridgehead atoms. The molecule has 1 aromatic carbocycles. The number of methoxy groups -OCH3 is 2. The number of aromatic nitrogens is 1. The lowest BCUT2D eigenvalue weighted by Gasteiger charge is -2.37. The summed E-state index contributed by atoms with van der Waals surface area (Å²) in [5, 5.41) is 10.5. The number of hydrogen-bond acceptors (Lipinski definition) is 7. The minimum atomic E-state index is -0.686. The van der Waals surface area contributed by atoms with Crippen molar-refractivity contribution in [2.24, 2.45) is 5.92 Å². The lowest BCUT2D eigenvalue weighted by Crippen LogP contribution is -2.41. The van der Waals surface area contributed by atoms with E-state index in [1.165, 1.54) is 26.0 Å². The minimum Gasteiger partial charge on any atom is -0.459 e. The summed E-state index contributed by atoms with van der Waals surface area (Å²) in [7, 11) is 4.68. The molecule has 0 spiro atoms. The number of amides is 1. The molecule has 2 aromatic rings. The van der Waals surface area contributed by atoms with Crippen LogP contribution in [0.2, 0.25) is 0 Å². The van der Waals surface area contributed by atoms with E-state index < -0.39 is 12.6 Å². The first kappa shape index (κ1) is 26.9. The number of carbonyl (C=O) groups excluding carboxylic acids is 2. The summed E-state index contributed by atoms with van der Waals surface area (Å²) in [6.07, 6.45) is 3.57. The van der Waals surface area contributed by atoms with E-state index in [9.17, 15) is 14.7 Å². The van der Waals surface area contributed by atoms with Crippen LogP contribution in [-0.4, -0.2) is 80.0 Å². The Labute approximate surface area is 206 Å². The summed E-state index contributed by atoms with van der Waals surface area (Å²) < 4.78 is 24.1. The number of carbonyl (C=O) groups is 2. The van der Waals surface area contributed by atoms with Gasteiger partial charge in [-0.05, 0) is 37.5 Å². The van der Waals surface area contributed by atoms with Gasteiger partial charge in [0.25, 0.3) is 5.91 Å². The van der Waals surface area contributed by atoms with Crippen molar-refractivity contribution in [3.8, 4) is 0 Å². The van der Waals surface area contributed by atoms with Crippen molar-refractivity contribution in [1.82, 2.24) is 9.47 Å². The molecule has 0 saturated heterocycles. The van der Waals surface area contributed by atoms with E-state index in [4.69, 9.17) is 18.9 Å². The molecule has 9 heteroatoms. The average molecular weight is 489 g/mol. The Morgan fingerprint density at radius 2 is 1.94 bits per heavy atom. The first-order chi connectivity index (χ1) is 16.9. The van der Waals surface area contributed by atoms with E-state index in [0.717, 1.165) is 16.5 Å². The lowest BCUT2D eigenvalue weighted by atomic mass is 9.80. The van der Waals surface area contributed by atoms with Crippen molar-refractivity contribution >= 4 is 22.7 Å². The third-order valence-electron chi connectivity index (χ3n) is 6.36. The van der Waals surface area contributed by atoms with Crippen LogP contribution in [0.5, 0.6) is 0 Å². The average Bonchev–Trinajstić information content (AvgIpc) is 3.25. The van der Waals surface area contributed by atoms with Gasteiger partial charge in [-0.25, -0.2) is 0 Å². The van der Waals surface area contributed by atoms with Gasteiger partial charge in [0.15, 0.2) is 12.0 Å². The van der Waals surface area contributed by atoms with Gasteiger partial charge in [-0.3, -0.25) is 14.2 Å². The van der Waals surface area contributed by atoms with Gasteiger partial charge in [0.2, 0.25) is 12.2 Å². The number of ether oxygens (including phenoxy) is 4. The molecule has 1 aromatic heterocycles. The third kappa shape index (κ3) is 5.92. The maximum absolute atomic E-state index is 13.4. The second kappa shape index (κ2) is 12.3. The molecule has 9 nitrogen and oxygen atoms in total. The van der Waals surface area contributed by atoms with Gasteiger partial charge in [-0.15, -0.1) is 0 Å². The van der Waals surface area contributed by atoms with Gasteiger partial charge < -0.3 is 29.0 Å². The van der Waals surface area contributed by atoms with Gasteiger partial charge in [0.05, 0.1) is 12.1 Å². The molecule has 2 heterocycles. The molecule has 1 aliphatic rings. The maximum atomic E-state index is 13.4. The number of aliphatic hydroxyl groups excluding tert-OH is 1. The molecule has 1 aliphatic heterocycles. The molecule has 0 radical (unpaired) electrons. The Kier molecular flexibility index (Phi) is 9.45. The Balaban J connectivity index is 2.09. The smallest absolute Gasteiger partial charge is 0.288 e. The first-order valence-electron chi connectivity index (χ1n) is 11.9. The molecule has 0 aliphatic carbocycles. The fourth-order valence-electron chi connectivity index (χ4n) is 4.59. The fraction of sp³-hybridized carbons (Fsp3) is 0.538. The Bertz CT molecular complexity index is 1040. The number of rotatable bonds is 11. The molecule has 3 atom stereocenters. The van der Waals surface area contributed by atoms with Crippen LogP contribution in [0.3, 0.4) is 0 Å². The maximum Gasteiger partial charge on any atom is 0.288 e. The highest BCUT2D eigenvalue weighted by molar-refractivity contribution is 5.95. The van der Waals surface area contributed by atoms with Crippen molar-refractivity contribution < 1.29 is 33.6 Å². The molecule has 0 fully saturated rings. The summed E-state index contributed by atoms with van der Waals surface area (Å²) in [6, 6.07) is 7.70. The van der Waals surface area contributed by atoms with E-state index in [1.54, 1.807) is 11.6 Å². The zero-order chi connectivity index (χ0) is 25.5. The van der Waals surface area contributed by atoms with Crippen LogP contribution in [0.4, 0.5) is 0 Å². The number of likely N-dealkylation sites (N-methyl/N-ethyl adjacent to an activating group) is 1. The van der Waals surface area contributed by atoms with Crippen LogP contribution < -0.4 is 0 Å². The van der Waals surface area contributed by atoms with Crippen LogP contribution in [-0.2, 0) is 23.7 Å². The normalized spacial score (nSPS) is 20.1. The van der Waals surface area contributed by atoms with E-state index in [2.05, 4.69) is 0 Å². The minimum absolute atomic E-state index is 0.0327. The first-order valence-corrected chi connectivity index (χ1v) is 11.9. The standard InChI is InChI=1S/C26H36N2O7/c1-6-34-26-19(11-9-13-29)20(14-23(35-26)25(31)27(3)16-24(32-4)33-5)21-15-28(17(2)30)22-12-8-7-10-18(21)22/h7-8,10,12,14-15,19-20,24,26,29H,6,9,11,13,16H2,1-5H3/t19-,20+,26-/m0/s1. The van der Waals surface area contributed by atoms with Crippen LogP contribution in [0.25, 0.3) is 10.9 Å². The molecule has 1 amide bonds. The summed E-state index contributed by atoms with van der Waals surface area (Å²) in [5.74, 6) is -0.694. The van der Waals surface area contributed by atoms with Crippen molar-refractivity contribution in [2.45, 2.75) is 45.2 Å². The van der Waals surface area contributed by atoms with Gasteiger partial charge in [0.1, 0.15) is 0 Å². The molecular formula is C26H36N2O7. The number of hydrogen-bond donors (Lipinski definition) is 1. The highest BCUT2D eigenvalue weighted by Crippen LogP contribution is 2.42. The van der Waals surface area contributed by atoms with Gasteiger partial charge in [-0.1, -0.05) is 18.2 Å². The van der Waals surface area contributed by atoms with Crippen LogP contribution in [0.1, 0.15) is 43.0 Å². The predicted octanol–water partition coefficient (Wildman–Crippen LogP) is 3.13. The predicted molar refractivity (Wildman–Crippen MR) is 131 cm³/mol. The second-order valence-corrected chi connectivity index (χ2v) is 8.61.